The Bertz CT molecular complexity index is 558. The molecule has 0 spiro atoms. The fourth-order valence-corrected chi connectivity index (χ4v) is 2.60. The van der Waals surface area contributed by atoms with E-state index >= 15 is 0 Å². The molecular weight excluding hydrogens is 232 g/mol. The van der Waals surface area contributed by atoms with Crippen LogP contribution < -0.4 is 5.32 Å². The Hall–Kier alpha value is -1.28. The highest BCUT2D eigenvalue weighted by Crippen LogP contribution is 2.24. The maximum atomic E-state index is 3.54. The molecule has 0 aliphatic heterocycles. The summed E-state index contributed by atoms with van der Waals surface area (Å²) in [6.45, 7) is 12.1. The van der Waals surface area contributed by atoms with Gasteiger partial charge in [0.2, 0.25) is 0 Å². The fraction of sp³-hybridized carbons (Fsp3) is 0.529. The predicted molar refractivity (Wildman–Crippen MR) is 83.8 cm³/mol. The number of benzene rings is 1. The summed E-state index contributed by atoms with van der Waals surface area (Å²) in [4.78, 5) is 3.42. The van der Waals surface area contributed by atoms with Crippen LogP contribution in [0.25, 0.3) is 10.9 Å². The molecule has 19 heavy (non-hydrogen) atoms. The molecule has 2 N–H and O–H groups in total. The number of rotatable bonds is 4. The number of fused-ring (bicyclic) bond motifs is 1. The third-order valence-corrected chi connectivity index (χ3v) is 3.49. The van der Waals surface area contributed by atoms with E-state index in [2.05, 4.69) is 63.2 Å². The van der Waals surface area contributed by atoms with Crippen molar-refractivity contribution in [3.63, 3.8) is 0 Å². The molecule has 1 heterocycles. The second-order valence-electron chi connectivity index (χ2n) is 6.60. The molecule has 0 saturated heterocycles. The zero-order valence-corrected chi connectivity index (χ0v) is 12.9. The molecule has 0 radical (unpaired) electrons. The molecule has 0 aliphatic carbocycles. The lowest BCUT2D eigenvalue weighted by Gasteiger charge is -2.20. The number of aromatic nitrogens is 1. The van der Waals surface area contributed by atoms with Crippen molar-refractivity contribution in [2.75, 3.05) is 6.54 Å². The molecule has 0 aliphatic rings. The van der Waals surface area contributed by atoms with Gasteiger partial charge in [-0.2, -0.15) is 0 Å². The van der Waals surface area contributed by atoms with Crippen LogP contribution in [-0.4, -0.2) is 17.1 Å². The van der Waals surface area contributed by atoms with Crippen LogP contribution in [0.5, 0.6) is 0 Å². The molecule has 1 aromatic carbocycles. The summed E-state index contributed by atoms with van der Waals surface area (Å²) in [5.41, 5.74) is 5.64. The number of aryl methyl sites for hydroxylation is 3. The van der Waals surface area contributed by atoms with Crippen LogP contribution in [0.3, 0.4) is 0 Å². The molecular formula is C17H26N2. The van der Waals surface area contributed by atoms with Gasteiger partial charge in [-0.25, -0.2) is 0 Å². The van der Waals surface area contributed by atoms with E-state index in [0.29, 0.717) is 0 Å². The van der Waals surface area contributed by atoms with Gasteiger partial charge >= 0.3 is 0 Å². The quantitative estimate of drug-likeness (QED) is 0.794. The summed E-state index contributed by atoms with van der Waals surface area (Å²) in [7, 11) is 0. The molecule has 0 atom stereocenters. The lowest BCUT2D eigenvalue weighted by atomic mass is 10.0. The second-order valence-corrected chi connectivity index (χ2v) is 6.60. The Kier molecular flexibility index (Phi) is 4.00. The second kappa shape index (κ2) is 5.38. The molecule has 0 bridgehead atoms. The first-order valence-corrected chi connectivity index (χ1v) is 7.19. The summed E-state index contributed by atoms with van der Waals surface area (Å²) >= 11 is 0. The highest BCUT2D eigenvalue weighted by atomic mass is 14.9. The number of hydrogen-bond acceptors (Lipinski definition) is 1. The van der Waals surface area contributed by atoms with Gasteiger partial charge < -0.3 is 10.3 Å². The van der Waals surface area contributed by atoms with E-state index in [-0.39, 0.29) is 5.54 Å². The number of H-pyrrole nitrogens is 1. The Morgan fingerprint density at radius 2 is 1.89 bits per heavy atom. The SMILES string of the molecule is Cc1cc(C)c2[nH]cc(CCCNC(C)(C)C)c2c1. The first-order valence-electron chi connectivity index (χ1n) is 7.19. The highest BCUT2D eigenvalue weighted by Gasteiger charge is 2.09. The van der Waals surface area contributed by atoms with Crippen LogP contribution in [0.4, 0.5) is 0 Å². The molecule has 1 aromatic heterocycles. The summed E-state index contributed by atoms with van der Waals surface area (Å²) in [5.74, 6) is 0. The Balaban J connectivity index is 2.05. The van der Waals surface area contributed by atoms with Gasteiger partial charge in [0.1, 0.15) is 0 Å². The van der Waals surface area contributed by atoms with Gasteiger partial charge in [0.25, 0.3) is 0 Å². The number of aromatic amines is 1. The lowest BCUT2D eigenvalue weighted by molar-refractivity contribution is 0.422. The maximum absolute atomic E-state index is 3.54. The molecule has 2 rings (SSSR count). The summed E-state index contributed by atoms with van der Waals surface area (Å²) in [6, 6.07) is 4.54. The topological polar surface area (TPSA) is 27.8 Å². The van der Waals surface area contributed by atoms with Crippen LogP contribution in [0.1, 0.15) is 43.9 Å². The van der Waals surface area contributed by atoms with Crippen molar-refractivity contribution in [2.24, 2.45) is 0 Å². The number of nitrogens with one attached hydrogen (secondary N) is 2. The smallest absolute Gasteiger partial charge is 0.0486 e. The minimum Gasteiger partial charge on any atom is -0.361 e. The molecule has 0 fully saturated rings. The van der Waals surface area contributed by atoms with Crippen molar-refractivity contribution >= 4 is 10.9 Å². The molecule has 2 heteroatoms. The molecule has 0 saturated carbocycles. The van der Waals surface area contributed by atoms with E-state index in [1.807, 2.05) is 0 Å². The summed E-state index contributed by atoms with van der Waals surface area (Å²) in [6.07, 6.45) is 4.48. The van der Waals surface area contributed by atoms with Gasteiger partial charge in [0.15, 0.2) is 0 Å². The largest absolute Gasteiger partial charge is 0.361 e. The van der Waals surface area contributed by atoms with Crippen LogP contribution in [0.15, 0.2) is 18.3 Å². The van der Waals surface area contributed by atoms with Crippen molar-refractivity contribution in [1.82, 2.24) is 10.3 Å². The first-order chi connectivity index (χ1) is 8.87. The fourth-order valence-electron chi connectivity index (χ4n) is 2.60. The van der Waals surface area contributed by atoms with E-state index in [1.165, 1.54) is 34.0 Å². The summed E-state index contributed by atoms with van der Waals surface area (Å²) < 4.78 is 0. The molecule has 2 aromatic rings. The van der Waals surface area contributed by atoms with Gasteiger partial charge in [-0.05, 0) is 71.2 Å². The van der Waals surface area contributed by atoms with Crippen molar-refractivity contribution in [1.29, 1.82) is 0 Å². The zero-order chi connectivity index (χ0) is 14.0. The molecule has 104 valence electrons. The summed E-state index contributed by atoms with van der Waals surface area (Å²) in [5, 5.41) is 4.94. The lowest BCUT2D eigenvalue weighted by Crippen LogP contribution is -2.36. The Morgan fingerprint density at radius 3 is 2.58 bits per heavy atom. The van der Waals surface area contributed by atoms with Crippen molar-refractivity contribution in [2.45, 2.75) is 53.0 Å². The average molecular weight is 258 g/mol. The van der Waals surface area contributed by atoms with Gasteiger partial charge in [-0.15, -0.1) is 0 Å². The van der Waals surface area contributed by atoms with Gasteiger partial charge in [0, 0.05) is 22.6 Å². The molecule has 2 nitrogen and oxygen atoms in total. The minimum atomic E-state index is 0.216. The predicted octanol–water partition coefficient (Wildman–Crippen LogP) is 4.11. The third kappa shape index (κ3) is 3.60. The van der Waals surface area contributed by atoms with Crippen molar-refractivity contribution in [3.8, 4) is 0 Å². The first kappa shape index (κ1) is 14.1. The van der Waals surface area contributed by atoms with Crippen molar-refractivity contribution < 1.29 is 0 Å². The van der Waals surface area contributed by atoms with E-state index in [1.54, 1.807) is 0 Å². The highest BCUT2D eigenvalue weighted by molar-refractivity contribution is 5.86. The third-order valence-electron chi connectivity index (χ3n) is 3.49. The van der Waals surface area contributed by atoms with Crippen LogP contribution in [0.2, 0.25) is 0 Å². The van der Waals surface area contributed by atoms with Crippen LogP contribution in [0, 0.1) is 13.8 Å². The standard InChI is InChI=1S/C17H26N2/c1-12-9-13(2)16-15(10-12)14(11-18-16)7-6-8-19-17(3,4)5/h9-11,18-19H,6-8H2,1-5H3. The zero-order valence-electron chi connectivity index (χ0n) is 12.9. The minimum absolute atomic E-state index is 0.216. The van der Waals surface area contributed by atoms with Crippen LogP contribution >= 0.6 is 0 Å². The van der Waals surface area contributed by atoms with E-state index < -0.39 is 0 Å². The monoisotopic (exact) mass is 258 g/mol. The Labute approximate surface area is 116 Å². The van der Waals surface area contributed by atoms with E-state index in [9.17, 15) is 0 Å². The molecule has 0 unspecified atom stereocenters. The van der Waals surface area contributed by atoms with Gasteiger partial charge in [-0.3, -0.25) is 0 Å². The Morgan fingerprint density at radius 1 is 1.16 bits per heavy atom. The number of hydrogen-bond donors (Lipinski definition) is 2. The molecule has 0 amide bonds. The average Bonchev–Trinajstić information content (AvgIpc) is 2.66. The normalized spacial score (nSPS) is 12.3. The van der Waals surface area contributed by atoms with E-state index in [0.717, 1.165) is 13.0 Å². The maximum Gasteiger partial charge on any atom is 0.0486 e. The van der Waals surface area contributed by atoms with Gasteiger partial charge in [0.05, 0.1) is 0 Å². The van der Waals surface area contributed by atoms with Gasteiger partial charge in [-0.1, -0.05) is 11.6 Å². The van der Waals surface area contributed by atoms with Crippen LogP contribution in [-0.2, 0) is 6.42 Å². The van der Waals surface area contributed by atoms with Crippen molar-refractivity contribution in [3.05, 3.63) is 35.0 Å². The van der Waals surface area contributed by atoms with E-state index in [4.69, 9.17) is 0 Å².